The van der Waals surface area contributed by atoms with Crippen LogP contribution >= 0.6 is 23.2 Å². The molecule has 0 aliphatic carbocycles. The SMILES string of the molecule is CCn1cc(-c2ccc(Cl)cc2Cl)nc1C=Cc1cc(-c2ccc(OCCCC(=O)O)cc2)ccc1OC. The van der Waals surface area contributed by atoms with Gasteiger partial charge in [-0.15, -0.1) is 0 Å². The summed E-state index contributed by atoms with van der Waals surface area (Å²) in [6.07, 6.45) is 6.49. The second kappa shape index (κ2) is 12.7. The first kappa shape index (κ1) is 27.3. The van der Waals surface area contributed by atoms with Gasteiger partial charge in [-0.3, -0.25) is 4.79 Å². The zero-order chi connectivity index (χ0) is 27.1. The Morgan fingerprint density at radius 3 is 2.47 bits per heavy atom. The van der Waals surface area contributed by atoms with E-state index in [-0.39, 0.29) is 6.42 Å². The van der Waals surface area contributed by atoms with Gasteiger partial charge in [0, 0.05) is 35.3 Å². The molecule has 0 saturated heterocycles. The number of carbonyl (C=O) groups is 1. The first-order chi connectivity index (χ1) is 18.4. The van der Waals surface area contributed by atoms with Gasteiger partial charge in [0.05, 0.1) is 24.4 Å². The number of carboxylic acid groups (broad SMARTS) is 1. The average Bonchev–Trinajstić information content (AvgIpc) is 3.33. The molecular formula is C30H28Cl2N2O4. The number of aliphatic carboxylic acids is 1. The smallest absolute Gasteiger partial charge is 0.303 e. The maximum atomic E-state index is 10.6. The molecular weight excluding hydrogens is 523 g/mol. The molecule has 0 aliphatic rings. The summed E-state index contributed by atoms with van der Waals surface area (Å²) in [4.78, 5) is 15.4. The summed E-state index contributed by atoms with van der Waals surface area (Å²) in [6, 6.07) is 19.1. The average molecular weight is 551 g/mol. The summed E-state index contributed by atoms with van der Waals surface area (Å²) >= 11 is 12.5. The minimum atomic E-state index is -0.821. The Balaban J connectivity index is 1.55. The number of carboxylic acids is 1. The van der Waals surface area contributed by atoms with Crippen LogP contribution in [-0.2, 0) is 11.3 Å². The lowest BCUT2D eigenvalue weighted by molar-refractivity contribution is -0.137. The summed E-state index contributed by atoms with van der Waals surface area (Å²) in [5.74, 6) is 1.43. The van der Waals surface area contributed by atoms with E-state index in [1.807, 2.05) is 60.8 Å². The van der Waals surface area contributed by atoms with E-state index in [2.05, 4.69) is 17.6 Å². The van der Waals surface area contributed by atoms with Gasteiger partial charge < -0.3 is 19.1 Å². The molecule has 1 aromatic heterocycles. The third-order valence-corrected chi connectivity index (χ3v) is 6.54. The van der Waals surface area contributed by atoms with Crippen molar-refractivity contribution in [3.8, 4) is 33.9 Å². The van der Waals surface area contributed by atoms with E-state index in [1.165, 1.54) is 0 Å². The highest BCUT2D eigenvalue weighted by Gasteiger charge is 2.11. The molecule has 1 N–H and O–H groups in total. The van der Waals surface area contributed by atoms with Crippen LogP contribution in [0.15, 0.2) is 66.9 Å². The van der Waals surface area contributed by atoms with Crippen molar-refractivity contribution in [2.24, 2.45) is 0 Å². The Labute approximate surface area is 232 Å². The van der Waals surface area contributed by atoms with E-state index in [4.69, 9.17) is 42.8 Å². The number of rotatable bonds is 11. The van der Waals surface area contributed by atoms with Gasteiger partial charge in [-0.05, 0) is 79.1 Å². The number of aryl methyl sites for hydroxylation is 1. The van der Waals surface area contributed by atoms with Gasteiger partial charge in [0.2, 0.25) is 0 Å². The lowest BCUT2D eigenvalue weighted by atomic mass is 10.0. The van der Waals surface area contributed by atoms with Crippen LogP contribution in [0.4, 0.5) is 0 Å². The number of nitrogens with zero attached hydrogens (tertiary/aromatic N) is 2. The molecule has 0 radical (unpaired) electrons. The maximum Gasteiger partial charge on any atom is 0.303 e. The summed E-state index contributed by atoms with van der Waals surface area (Å²) < 4.78 is 13.3. The predicted molar refractivity (Wildman–Crippen MR) is 153 cm³/mol. The van der Waals surface area contributed by atoms with Crippen molar-refractivity contribution in [1.82, 2.24) is 9.55 Å². The number of benzene rings is 3. The highest BCUT2D eigenvalue weighted by atomic mass is 35.5. The van der Waals surface area contributed by atoms with Crippen molar-refractivity contribution in [3.05, 3.63) is 88.3 Å². The minimum absolute atomic E-state index is 0.0922. The van der Waals surface area contributed by atoms with Crippen LogP contribution in [0.25, 0.3) is 34.5 Å². The van der Waals surface area contributed by atoms with Crippen molar-refractivity contribution in [1.29, 1.82) is 0 Å². The number of halogens is 2. The van der Waals surface area contributed by atoms with Gasteiger partial charge in [0.1, 0.15) is 17.3 Å². The lowest BCUT2D eigenvalue weighted by Crippen LogP contribution is -2.01. The van der Waals surface area contributed by atoms with Crippen molar-refractivity contribution in [2.45, 2.75) is 26.3 Å². The quantitative estimate of drug-likeness (QED) is 0.192. The van der Waals surface area contributed by atoms with E-state index < -0.39 is 5.97 Å². The highest BCUT2D eigenvalue weighted by molar-refractivity contribution is 6.36. The fourth-order valence-electron chi connectivity index (χ4n) is 4.01. The molecule has 0 spiro atoms. The van der Waals surface area contributed by atoms with Gasteiger partial charge in [0.25, 0.3) is 0 Å². The molecule has 0 atom stereocenters. The van der Waals surface area contributed by atoms with Gasteiger partial charge in [0.15, 0.2) is 0 Å². The van der Waals surface area contributed by atoms with Crippen molar-refractivity contribution < 1.29 is 19.4 Å². The minimum Gasteiger partial charge on any atom is -0.496 e. The monoisotopic (exact) mass is 550 g/mol. The van der Waals surface area contributed by atoms with Gasteiger partial charge >= 0.3 is 5.97 Å². The molecule has 6 nitrogen and oxygen atoms in total. The molecule has 38 heavy (non-hydrogen) atoms. The molecule has 0 saturated carbocycles. The molecule has 0 aliphatic heterocycles. The molecule has 4 rings (SSSR count). The van der Waals surface area contributed by atoms with E-state index in [1.54, 1.807) is 19.2 Å². The number of hydrogen-bond acceptors (Lipinski definition) is 4. The van der Waals surface area contributed by atoms with Crippen LogP contribution in [0.2, 0.25) is 10.0 Å². The van der Waals surface area contributed by atoms with Crippen molar-refractivity contribution in [3.63, 3.8) is 0 Å². The third kappa shape index (κ3) is 6.77. The van der Waals surface area contributed by atoms with Crippen LogP contribution in [0.3, 0.4) is 0 Å². The van der Waals surface area contributed by atoms with Crippen LogP contribution in [0.5, 0.6) is 11.5 Å². The standard InChI is InChI=1S/C30H28Cl2N2O4/c1-3-34-19-27(25-13-10-23(31)18-26(25)32)33-29(34)15-9-22-17-21(8-14-28(22)37-2)20-6-11-24(12-7-20)38-16-4-5-30(35)36/h6-15,17-19H,3-5,16H2,1-2H3,(H,35,36). The highest BCUT2D eigenvalue weighted by Crippen LogP contribution is 2.32. The van der Waals surface area contributed by atoms with Crippen LogP contribution in [0.1, 0.15) is 31.2 Å². The molecule has 196 valence electrons. The molecule has 0 amide bonds. The zero-order valence-corrected chi connectivity index (χ0v) is 22.7. The number of imidazole rings is 1. The third-order valence-electron chi connectivity index (χ3n) is 5.99. The molecule has 1 heterocycles. The van der Waals surface area contributed by atoms with Crippen LogP contribution < -0.4 is 9.47 Å². The molecule has 0 bridgehead atoms. The Morgan fingerprint density at radius 1 is 1.03 bits per heavy atom. The first-order valence-electron chi connectivity index (χ1n) is 12.2. The largest absolute Gasteiger partial charge is 0.496 e. The van der Waals surface area contributed by atoms with E-state index in [9.17, 15) is 4.79 Å². The second-order valence-electron chi connectivity index (χ2n) is 8.55. The molecule has 4 aromatic rings. The summed E-state index contributed by atoms with van der Waals surface area (Å²) in [5, 5.41) is 9.88. The van der Waals surface area contributed by atoms with E-state index >= 15 is 0 Å². The van der Waals surface area contributed by atoms with E-state index in [0.717, 1.165) is 46.1 Å². The fraction of sp³-hybridized carbons (Fsp3) is 0.200. The number of aromatic nitrogens is 2. The van der Waals surface area contributed by atoms with E-state index in [0.29, 0.717) is 28.8 Å². The molecule has 0 fully saturated rings. The normalized spacial score (nSPS) is 11.2. The Hall–Kier alpha value is -3.74. The summed E-state index contributed by atoms with van der Waals surface area (Å²) in [6.45, 7) is 3.18. The van der Waals surface area contributed by atoms with Gasteiger partial charge in [-0.25, -0.2) is 4.98 Å². The molecule has 8 heteroatoms. The zero-order valence-electron chi connectivity index (χ0n) is 21.2. The second-order valence-corrected chi connectivity index (χ2v) is 9.40. The Bertz CT molecular complexity index is 1450. The number of ether oxygens (including phenoxy) is 2. The van der Waals surface area contributed by atoms with Gasteiger partial charge in [-0.2, -0.15) is 0 Å². The van der Waals surface area contributed by atoms with Gasteiger partial charge in [-0.1, -0.05) is 41.4 Å². The summed E-state index contributed by atoms with van der Waals surface area (Å²) in [7, 11) is 1.65. The van der Waals surface area contributed by atoms with Crippen LogP contribution in [-0.4, -0.2) is 34.3 Å². The Kier molecular flexibility index (Phi) is 9.10. The molecule has 0 unspecified atom stereocenters. The first-order valence-corrected chi connectivity index (χ1v) is 13.0. The lowest BCUT2D eigenvalue weighted by Gasteiger charge is -2.10. The maximum absolute atomic E-state index is 10.6. The molecule has 3 aromatic carbocycles. The summed E-state index contributed by atoms with van der Waals surface area (Å²) in [5.41, 5.74) is 4.56. The van der Waals surface area contributed by atoms with Crippen LogP contribution in [0, 0.1) is 0 Å². The number of hydrogen-bond donors (Lipinski definition) is 1. The Morgan fingerprint density at radius 2 is 1.79 bits per heavy atom. The topological polar surface area (TPSA) is 73.6 Å². The predicted octanol–water partition coefficient (Wildman–Crippen LogP) is 7.97. The van der Waals surface area contributed by atoms with Crippen molar-refractivity contribution >= 4 is 41.3 Å². The van der Waals surface area contributed by atoms with Crippen molar-refractivity contribution in [2.75, 3.05) is 13.7 Å². The number of methoxy groups -OCH3 is 1. The fourth-order valence-corrected chi connectivity index (χ4v) is 4.51.